The number of hydrogen-bond acceptors (Lipinski definition) is 4. The summed E-state index contributed by atoms with van der Waals surface area (Å²) in [6.45, 7) is 0.736. The van der Waals surface area contributed by atoms with Crippen molar-refractivity contribution in [2.75, 3.05) is 19.6 Å². The van der Waals surface area contributed by atoms with Gasteiger partial charge in [-0.2, -0.15) is 0 Å². The Balaban J connectivity index is 2.56. The number of halogens is 1. The second-order valence-electron chi connectivity index (χ2n) is 4.75. The predicted molar refractivity (Wildman–Crippen MR) is 87.5 cm³/mol. The van der Waals surface area contributed by atoms with E-state index >= 15 is 0 Å². The van der Waals surface area contributed by atoms with Gasteiger partial charge < -0.3 is 15.5 Å². The molecule has 1 unspecified atom stereocenters. The van der Waals surface area contributed by atoms with Crippen LogP contribution in [0.5, 0.6) is 0 Å². The third-order valence-corrected chi connectivity index (χ3v) is 4.42. The van der Waals surface area contributed by atoms with Crippen molar-refractivity contribution in [1.82, 2.24) is 9.55 Å². The molecule has 1 atom stereocenters. The van der Waals surface area contributed by atoms with Crippen LogP contribution in [0.2, 0.25) is 0 Å². The molecule has 0 aromatic carbocycles. The van der Waals surface area contributed by atoms with Crippen LogP contribution in [-0.2, 0) is 16.1 Å². The van der Waals surface area contributed by atoms with Crippen LogP contribution in [0.4, 0.5) is 0 Å². The lowest BCUT2D eigenvalue weighted by molar-refractivity contribution is -0.119. The number of thiophene rings is 1. The molecule has 3 N–H and O–H groups in total. The Morgan fingerprint density at radius 2 is 2.36 bits per heavy atom. The third-order valence-electron chi connectivity index (χ3n) is 3.38. The average Bonchev–Trinajstić information content (AvgIpc) is 3.09. The first-order valence-electron chi connectivity index (χ1n) is 6.81. The highest BCUT2D eigenvalue weighted by Crippen LogP contribution is 2.32. The molecule has 0 saturated heterocycles. The molecule has 0 aliphatic heterocycles. The van der Waals surface area contributed by atoms with E-state index in [9.17, 15) is 9.59 Å². The molecule has 2 aromatic rings. The number of alkyl halides is 1. The van der Waals surface area contributed by atoms with E-state index in [0.717, 1.165) is 4.88 Å². The van der Waals surface area contributed by atoms with Crippen LogP contribution in [0, 0.1) is 0 Å². The summed E-state index contributed by atoms with van der Waals surface area (Å²) in [5.41, 5.74) is 6.44. The topological polar surface area (TPSA) is 90.1 Å². The van der Waals surface area contributed by atoms with Gasteiger partial charge >= 0.3 is 5.69 Å². The molecule has 0 aliphatic carbocycles. The molecule has 8 heteroatoms. The van der Waals surface area contributed by atoms with E-state index in [-0.39, 0.29) is 5.69 Å². The van der Waals surface area contributed by atoms with Crippen molar-refractivity contribution < 1.29 is 9.53 Å². The summed E-state index contributed by atoms with van der Waals surface area (Å²) in [6, 6.07) is 3.79. The Bertz CT molecular complexity index is 678. The van der Waals surface area contributed by atoms with Gasteiger partial charge in [0.15, 0.2) is 0 Å². The Kier molecular flexibility index (Phi) is 5.82. The van der Waals surface area contributed by atoms with Crippen LogP contribution < -0.4 is 11.4 Å². The number of aromatic amines is 1. The Hall–Kier alpha value is -1.57. The summed E-state index contributed by atoms with van der Waals surface area (Å²) < 4.78 is 6.59. The normalized spacial score (nSPS) is 12.5. The quantitative estimate of drug-likeness (QED) is 0.715. The van der Waals surface area contributed by atoms with Crippen molar-refractivity contribution in [2.45, 2.75) is 18.9 Å². The van der Waals surface area contributed by atoms with Gasteiger partial charge in [-0.15, -0.1) is 22.9 Å². The molecule has 2 rings (SSSR count). The van der Waals surface area contributed by atoms with Gasteiger partial charge in [-0.25, -0.2) is 4.79 Å². The largest absolute Gasteiger partial charge is 0.385 e. The zero-order valence-electron chi connectivity index (χ0n) is 12.2. The van der Waals surface area contributed by atoms with Gasteiger partial charge in [-0.1, -0.05) is 6.07 Å². The summed E-state index contributed by atoms with van der Waals surface area (Å²) >= 11 is 7.28. The van der Waals surface area contributed by atoms with Gasteiger partial charge in [-0.05, 0) is 17.9 Å². The molecule has 0 saturated carbocycles. The number of nitrogens with zero attached hydrogens (tertiary/aromatic N) is 1. The number of nitrogens with one attached hydrogen (secondary N) is 1. The minimum Gasteiger partial charge on any atom is -0.385 e. The molecule has 0 aliphatic rings. The Labute approximate surface area is 136 Å². The molecular formula is C14H18ClN3O3S. The number of hydrogen-bond donors (Lipinski definition) is 2. The highest BCUT2D eigenvalue weighted by Gasteiger charge is 2.27. The van der Waals surface area contributed by atoms with Crippen LogP contribution >= 0.6 is 22.9 Å². The zero-order valence-corrected chi connectivity index (χ0v) is 13.7. The fourth-order valence-corrected chi connectivity index (χ4v) is 3.34. The molecule has 0 fully saturated rings. The summed E-state index contributed by atoms with van der Waals surface area (Å²) in [5.74, 6) is -0.801. The second kappa shape index (κ2) is 7.62. The van der Waals surface area contributed by atoms with Crippen molar-refractivity contribution in [3.8, 4) is 10.6 Å². The van der Waals surface area contributed by atoms with Crippen molar-refractivity contribution in [3.05, 3.63) is 33.7 Å². The van der Waals surface area contributed by atoms with Crippen molar-refractivity contribution in [1.29, 1.82) is 0 Å². The lowest BCUT2D eigenvalue weighted by atomic mass is 9.98. The van der Waals surface area contributed by atoms with Gasteiger partial charge in [0.05, 0.1) is 22.2 Å². The fourth-order valence-electron chi connectivity index (χ4n) is 2.38. The smallest absolute Gasteiger partial charge is 0.326 e. The van der Waals surface area contributed by atoms with E-state index in [0.29, 0.717) is 36.8 Å². The number of H-pyrrole nitrogens is 1. The van der Waals surface area contributed by atoms with Gasteiger partial charge in [0.1, 0.15) is 0 Å². The number of amides is 1. The summed E-state index contributed by atoms with van der Waals surface area (Å²) in [4.78, 5) is 27.7. The number of nitrogens with two attached hydrogens (primary N) is 1. The number of carbonyl (C=O) groups excluding carboxylic acids is 1. The molecule has 2 aromatic heterocycles. The minimum atomic E-state index is -0.610. The number of ether oxygens (including phenoxy) is 1. The summed E-state index contributed by atoms with van der Waals surface area (Å²) in [6.07, 6.45) is 0.408. The predicted octanol–water partition coefficient (Wildman–Crippen LogP) is 1.75. The number of primary amides is 1. The lowest BCUT2D eigenvalue weighted by Crippen LogP contribution is -2.23. The van der Waals surface area contributed by atoms with Crippen molar-refractivity contribution in [2.24, 2.45) is 5.73 Å². The molecule has 6 nitrogen and oxygen atoms in total. The lowest BCUT2D eigenvalue weighted by Gasteiger charge is -2.14. The minimum absolute atomic E-state index is 0.289. The average molecular weight is 344 g/mol. The van der Waals surface area contributed by atoms with E-state index in [1.165, 1.54) is 11.3 Å². The van der Waals surface area contributed by atoms with Gasteiger partial charge in [0.2, 0.25) is 5.91 Å². The summed E-state index contributed by atoms with van der Waals surface area (Å²) in [7, 11) is 1.56. The number of methoxy groups -OCH3 is 1. The second-order valence-corrected chi connectivity index (χ2v) is 6.07. The van der Waals surface area contributed by atoms with Crippen LogP contribution in [0.3, 0.4) is 0 Å². The molecule has 1 amide bonds. The van der Waals surface area contributed by atoms with E-state index < -0.39 is 11.8 Å². The van der Waals surface area contributed by atoms with Crippen LogP contribution in [0.15, 0.2) is 22.3 Å². The van der Waals surface area contributed by atoms with Crippen LogP contribution in [-0.4, -0.2) is 35.1 Å². The molecule has 0 bridgehead atoms. The maximum Gasteiger partial charge on any atom is 0.326 e. The van der Waals surface area contributed by atoms with Gasteiger partial charge in [0, 0.05) is 26.1 Å². The molecule has 2 heterocycles. The van der Waals surface area contributed by atoms with Gasteiger partial charge in [0.25, 0.3) is 0 Å². The van der Waals surface area contributed by atoms with Crippen molar-refractivity contribution >= 4 is 28.8 Å². The Morgan fingerprint density at radius 3 is 2.91 bits per heavy atom. The highest BCUT2D eigenvalue weighted by molar-refractivity contribution is 7.13. The number of imidazole rings is 1. The van der Waals surface area contributed by atoms with E-state index in [1.54, 1.807) is 11.7 Å². The standard InChI is InChI=1S/C14H18ClN3O3S/c1-21-7-4-9(13(16)19)11-12(10-3-2-8-22-10)18(6-5-15)14(20)17-11/h2-3,8-9H,4-7H2,1H3,(H2,16,19)(H,17,20). The SMILES string of the molecule is COCCC(C(N)=O)c1[nH]c(=O)n(CCCl)c1-c1cccs1. The molecule has 0 radical (unpaired) electrons. The number of aromatic nitrogens is 2. The first-order chi connectivity index (χ1) is 10.6. The maximum absolute atomic E-state index is 12.2. The van der Waals surface area contributed by atoms with E-state index in [1.807, 2.05) is 17.5 Å². The zero-order chi connectivity index (χ0) is 16.1. The number of carbonyl (C=O) groups is 1. The maximum atomic E-state index is 12.2. The summed E-state index contributed by atoms with van der Waals surface area (Å²) in [5, 5.41) is 1.91. The highest BCUT2D eigenvalue weighted by atomic mass is 35.5. The Morgan fingerprint density at radius 1 is 1.59 bits per heavy atom. The van der Waals surface area contributed by atoms with Crippen LogP contribution in [0.1, 0.15) is 18.0 Å². The molecule has 22 heavy (non-hydrogen) atoms. The molecular weight excluding hydrogens is 326 g/mol. The fraction of sp³-hybridized carbons (Fsp3) is 0.429. The molecule has 120 valence electrons. The van der Waals surface area contributed by atoms with E-state index in [4.69, 9.17) is 22.1 Å². The molecule has 0 spiro atoms. The van der Waals surface area contributed by atoms with Crippen LogP contribution in [0.25, 0.3) is 10.6 Å². The van der Waals surface area contributed by atoms with E-state index in [2.05, 4.69) is 4.98 Å². The third kappa shape index (κ3) is 3.43. The monoisotopic (exact) mass is 343 g/mol. The first kappa shape index (κ1) is 16.8. The van der Waals surface area contributed by atoms with Gasteiger partial charge in [-0.3, -0.25) is 9.36 Å². The first-order valence-corrected chi connectivity index (χ1v) is 8.22. The van der Waals surface area contributed by atoms with Crippen molar-refractivity contribution in [3.63, 3.8) is 0 Å². The number of rotatable bonds is 8.